The Hall–Kier alpha value is -4.89. The van der Waals surface area contributed by atoms with Crippen molar-refractivity contribution in [2.45, 2.75) is 73.1 Å². The summed E-state index contributed by atoms with van der Waals surface area (Å²) in [5.41, 5.74) is 18.5. The minimum absolute atomic E-state index is 0. The molecule has 4 aliphatic carbocycles. The van der Waals surface area contributed by atoms with Gasteiger partial charge in [0.15, 0.2) is 0 Å². The fourth-order valence-electron chi connectivity index (χ4n) is 9.00. The second-order valence-corrected chi connectivity index (χ2v) is 19.7. The molecule has 6 heteroatoms. The quantitative estimate of drug-likeness (QED) is 0.122. The minimum Gasteiger partial charge on any atom is -0.346 e. The summed E-state index contributed by atoms with van der Waals surface area (Å²) in [7, 11) is 5.20. The van der Waals surface area contributed by atoms with Gasteiger partial charge in [-0.05, 0) is 24.7 Å². The maximum atomic E-state index is 3.25. The van der Waals surface area contributed by atoms with Gasteiger partial charge < -0.3 is 20.8 Å². The minimum atomic E-state index is 0. The molecule has 0 heterocycles. The summed E-state index contributed by atoms with van der Waals surface area (Å²) in [5.74, 6) is 1.77. The van der Waals surface area contributed by atoms with Crippen LogP contribution in [0.3, 0.4) is 0 Å². The van der Waals surface area contributed by atoms with E-state index in [9.17, 15) is 0 Å². The van der Waals surface area contributed by atoms with E-state index in [-0.39, 0.29) is 78.6 Å². The molecule has 0 aromatic heterocycles. The van der Waals surface area contributed by atoms with E-state index in [2.05, 4.69) is 216 Å². The molecule has 0 radical (unpaired) electrons. The molecule has 0 spiro atoms. The first-order valence-corrected chi connectivity index (χ1v) is 30.8. The summed E-state index contributed by atoms with van der Waals surface area (Å²) in [6.45, 7) is 19.2. The molecule has 0 nitrogen and oxygen atoms in total. The number of benzene rings is 6. The summed E-state index contributed by atoms with van der Waals surface area (Å²) >= 11 is 0. The summed E-state index contributed by atoms with van der Waals surface area (Å²) < 4.78 is 0. The average Bonchev–Trinajstić information content (AvgIpc) is 4.62. The predicted molar refractivity (Wildman–Crippen MR) is 378 cm³/mol. The third-order valence-corrected chi connectivity index (χ3v) is 14.2. The van der Waals surface area contributed by atoms with Crippen molar-refractivity contribution in [3.8, 4) is 0 Å². The fraction of sp³-hybridized carbons (Fsp3) is 0.165. The standard InChI is InChI=1S/2C10H9.2C9H11.C9H7.3C7H7Si.C5H5.3C2H5.3Zr/c2*1-8-6-9-4-2-3-5-10(9)7-8;3*1-2-5-9-7-3-6-8(9)4-1;3*8-6-7-4-2-1-3-5-7;1-2-4-5-3-1;3*1-2;;;/h2*2-7H,1H3;2*1-2,4,6,9H,3,5,7H2;1-7H;3*1-5H,8H2;1-5H;3*1H2,2H3;;;/q12*-1;3*+4. The zero-order chi connectivity index (χ0) is 59.3. The molecule has 0 bridgehead atoms. The van der Waals surface area contributed by atoms with Crippen LogP contribution in [0.15, 0.2) is 284 Å². The Balaban J connectivity index is 0.000000923. The summed E-state index contributed by atoms with van der Waals surface area (Å²) in [6, 6.07) is 80.6. The molecule has 4 aliphatic rings. The molecule has 0 amide bonds. The fourth-order valence-corrected chi connectivity index (χ4v) is 9.71. The van der Waals surface area contributed by atoms with Crippen molar-refractivity contribution in [2.24, 2.45) is 11.8 Å². The van der Waals surface area contributed by atoms with Crippen LogP contribution in [0, 0.1) is 59.3 Å². The van der Waals surface area contributed by atoms with Gasteiger partial charge in [0.25, 0.3) is 0 Å². The number of hydrogen-bond donors (Lipinski definition) is 0. The zero-order valence-electron chi connectivity index (χ0n) is 51.3. The first kappa shape index (κ1) is 80.1. The summed E-state index contributed by atoms with van der Waals surface area (Å²) in [6.07, 6.45) is 26.1. The van der Waals surface area contributed by atoms with E-state index >= 15 is 0 Å². The second-order valence-electron chi connectivity index (χ2n) is 18.7. The van der Waals surface area contributed by atoms with Crippen LogP contribution in [-0.2, 0) is 78.6 Å². The molecule has 10 aromatic rings. The number of aryl methyl sites for hydroxylation is 2. The Morgan fingerprint density at radius 3 is 1.05 bits per heavy atom. The van der Waals surface area contributed by atoms with Gasteiger partial charge in [0.05, 0.1) is 0 Å². The molecule has 2 unspecified atom stereocenters. The van der Waals surface area contributed by atoms with Gasteiger partial charge in [0, 0.05) is 0 Å². The number of hydrogen-bond acceptors (Lipinski definition) is 0. The predicted octanol–water partition coefficient (Wildman–Crippen LogP) is 18.2. The van der Waals surface area contributed by atoms with Crippen LogP contribution in [0.5, 0.6) is 0 Å². The van der Waals surface area contributed by atoms with Crippen molar-refractivity contribution < 1.29 is 78.6 Å². The number of fused-ring (bicyclic) bond motifs is 5. The molecule has 2 fully saturated rings. The molecular formula is C79H88Si3Zr3. The van der Waals surface area contributed by atoms with E-state index in [1.165, 1.54) is 98.7 Å². The average molecular weight is 1400 g/mol. The largest absolute Gasteiger partial charge is 4.00 e. The van der Waals surface area contributed by atoms with Crippen molar-refractivity contribution in [3.05, 3.63) is 346 Å². The Morgan fingerprint density at radius 1 is 0.400 bits per heavy atom. The van der Waals surface area contributed by atoms with Gasteiger partial charge in [-0.2, -0.15) is 139 Å². The van der Waals surface area contributed by atoms with Gasteiger partial charge in [-0.3, -0.25) is 0 Å². The van der Waals surface area contributed by atoms with E-state index in [0.717, 1.165) is 11.8 Å². The van der Waals surface area contributed by atoms with Crippen LogP contribution in [0.25, 0.3) is 32.3 Å². The van der Waals surface area contributed by atoms with E-state index in [0.29, 0.717) is 0 Å². The van der Waals surface area contributed by atoms with Gasteiger partial charge in [-0.25, -0.2) is 48.3 Å². The Labute approximate surface area is 582 Å². The molecule has 2 saturated carbocycles. The topological polar surface area (TPSA) is 0 Å². The Kier molecular flexibility index (Phi) is 49.2. The number of rotatable bonds is 3. The monoisotopic (exact) mass is 1390 g/mol. The summed E-state index contributed by atoms with van der Waals surface area (Å²) in [4.78, 5) is 0. The van der Waals surface area contributed by atoms with Crippen LogP contribution >= 0.6 is 0 Å². The third-order valence-electron chi connectivity index (χ3n) is 13.0. The van der Waals surface area contributed by atoms with E-state index in [1.807, 2.05) is 121 Å². The maximum absolute atomic E-state index is 3.25. The van der Waals surface area contributed by atoms with E-state index < -0.39 is 0 Å². The zero-order valence-corrected chi connectivity index (χ0v) is 62.9. The van der Waals surface area contributed by atoms with Gasteiger partial charge in [-0.1, -0.05) is 92.7 Å². The van der Waals surface area contributed by atoms with Crippen LogP contribution in [0.2, 0.25) is 0 Å². The maximum Gasteiger partial charge on any atom is 4.00 e. The molecule has 85 heavy (non-hydrogen) atoms. The SMILES string of the molecule is C1=CCC2CC[CH-]C2=C1.C1=CCC2CC[CH-]C2=C1.Cc1cc2ccccc2[cH-]1.Cc1cc2ccccc2[cH-]1.[CH2-]C.[CH2-]C.[CH2-]C.[SiH2]=[C-]c1ccccc1.[SiH2]=[C-]c1ccccc1.[SiH2]=[C-]c1ccccc1.[Zr+4].[Zr+4].[Zr+4].c1cc[cH-]c1.c1ccc2[cH-]ccc2c1. The van der Waals surface area contributed by atoms with Crippen molar-refractivity contribution in [1.29, 1.82) is 0 Å². The molecule has 14 rings (SSSR count). The Morgan fingerprint density at radius 2 is 0.741 bits per heavy atom. The third kappa shape index (κ3) is 33.2. The van der Waals surface area contributed by atoms with Gasteiger partial charge in [0.1, 0.15) is 0 Å². The Bertz CT molecular complexity index is 2970. The number of allylic oxidation sites excluding steroid dienone is 8. The molecule has 2 atom stereocenters. The van der Waals surface area contributed by atoms with Gasteiger partial charge in [-0.15, -0.1) is 184 Å². The van der Waals surface area contributed by atoms with Gasteiger partial charge >= 0.3 is 78.6 Å². The van der Waals surface area contributed by atoms with E-state index in [4.69, 9.17) is 0 Å². The molecular weight excluding hydrogens is 1310 g/mol. The van der Waals surface area contributed by atoms with E-state index in [1.54, 1.807) is 61.5 Å². The second kappa shape index (κ2) is 52.3. The molecule has 428 valence electrons. The van der Waals surface area contributed by atoms with Crippen molar-refractivity contribution in [3.63, 3.8) is 0 Å². The summed E-state index contributed by atoms with van der Waals surface area (Å²) in [5, 5.41) is 8.05. The molecule has 0 saturated heterocycles. The smallest absolute Gasteiger partial charge is 0.346 e. The van der Waals surface area contributed by atoms with Crippen molar-refractivity contribution in [1.82, 2.24) is 0 Å². The first-order valence-electron chi connectivity index (χ1n) is 28.7. The van der Waals surface area contributed by atoms with Crippen molar-refractivity contribution >= 4 is 78.9 Å². The van der Waals surface area contributed by atoms with Crippen molar-refractivity contribution in [2.75, 3.05) is 0 Å². The normalized spacial score (nSPS) is 13.2. The first-order chi connectivity index (χ1) is 40.4. The molecule has 0 N–H and O–H groups in total. The molecule has 10 aromatic carbocycles. The van der Waals surface area contributed by atoms with Crippen LogP contribution in [0.1, 0.15) is 87.1 Å². The molecule has 0 aliphatic heterocycles. The van der Waals surface area contributed by atoms with Crippen LogP contribution in [0.4, 0.5) is 0 Å². The van der Waals surface area contributed by atoms with Crippen LogP contribution < -0.4 is 0 Å². The van der Waals surface area contributed by atoms with Gasteiger partial charge in [0.2, 0.25) is 0 Å². The van der Waals surface area contributed by atoms with Crippen LogP contribution in [-0.4, -0.2) is 46.6 Å².